The van der Waals surface area contributed by atoms with E-state index in [1.807, 2.05) is 18.2 Å². The van der Waals surface area contributed by atoms with Crippen molar-refractivity contribution in [3.8, 4) is 0 Å². The standard InChI is InChI=1S/C19H26N2O2/c1-18(2,3)12-19(4,5)21-16-15-8-7-14(17(22)23-6)11-13(15)9-10-20-16/h7-11H,12H2,1-6H3,(H,20,21). The van der Waals surface area contributed by atoms with Gasteiger partial charge in [0.05, 0.1) is 12.7 Å². The molecule has 0 amide bonds. The van der Waals surface area contributed by atoms with Crippen molar-refractivity contribution < 1.29 is 9.53 Å². The maximum Gasteiger partial charge on any atom is 0.337 e. The molecule has 0 unspecified atom stereocenters. The van der Waals surface area contributed by atoms with Crippen LogP contribution in [0.25, 0.3) is 10.8 Å². The molecule has 1 N–H and O–H groups in total. The number of methoxy groups -OCH3 is 1. The van der Waals surface area contributed by atoms with Gasteiger partial charge in [0, 0.05) is 17.1 Å². The molecule has 2 rings (SSSR count). The second-order valence-electron chi connectivity index (χ2n) is 7.83. The fourth-order valence-electron chi connectivity index (χ4n) is 3.21. The molecule has 0 bridgehead atoms. The Morgan fingerprint density at radius 2 is 1.87 bits per heavy atom. The van der Waals surface area contributed by atoms with Crippen LogP contribution in [0.5, 0.6) is 0 Å². The predicted octanol–water partition coefficient (Wildman–Crippen LogP) is 4.65. The van der Waals surface area contributed by atoms with Crippen LogP contribution in [0.4, 0.5) is 5.82 Å². The van der Waals surface area contributed by atoms with Crippen LogP contribution in [-0.4, -0.2) is 23.6 Å². The van der Waals surface area contributed by atoms with Crippen LogP contribution in [0.3, 0.4) is 0 Å². The predicted molar refractivity (Wildman–Crippen MR) is 94.9 cm³/mol. The minimum atomic E-state index is -0.328. The lowest BCUT2D eigenvalue weighted by Gasteiger charge is -2.34. The molecule has 23 heavy (non-hydrogen) atoms. The Balaban J connectivity index is 2.37. The molecule has 0 fully saturated rings. The summed E-state index contributed by atoms with van der Waals surface area (Å²) in [4.78, 5) is 16.2. The number of anilines is 1. The normalized spacial score (nSPS) is 12.3. The average Bonchev–Trinajstić information content (AvgIpc) is 2.43. The molecule has 4 heteroatoms. The van der Waals surface area contributed by atoms with Gasteiger partial charge >= 0.3 is 5.97 Å². The number of carbonyl (C=O) groups excluding carboxylic acids is 1. The van der Waals surface area contributed by atoms with E-state index in [-0.39, 0.29) is 16.9 Å². The topological polar surface area (TPSA) is 51.2 Å². The number of hydrogen-bond acceptors (Lipinski definition) is 4. The number of fused-ring (bicyclic) bond motifs is 1. The molecular weight excluding hydrogens is 288 g/mol. The van der Waals surface area contributed by atoms with E-state index in [1.165, 1.54) is 7.11 Å². The summed E-state index contributed by atoms with van der Waals surface area (Å²) in [5.41, 5.74) is 0.686. The van der Waals surface area contributed by atoms with Crippen LogP contribution >= 0.6 is 0 Å². The SMILES string of the molecule is COC(=O)c1ccc2c(NC(C)(C)CC(C)(C)C)nccc2c1. The number of carbonyl (C=O) groups is 1. The van der Waals surface area contributed by atoms with Gasteiger partial charge in [-0.2, -0.15) is 0 Å². The van der Waals surface area contributed by atoms with Gasteiger partial charge in [0.1, 0.15) is 5.82 Å². The van der Waals surface area contributed by atoms with Crippen molar-refractivity contribution in [2.24, 2.45) is 5.41 Å². The number of nitrogens with zero attached hydrogens (tertiary/aromatic N) is 1. The highest BCUT2D eigenvalue weighted by atomic mass is 16.5. The van der Waals surface area contributed by atoms with Gasteiger partial charge in [0.25, 0.3) is 0 Å². The molecule has 0 spiro atoms. The van der Waals surface area contributed by atoms with Gasteiger partial charge in [0.2, 0.25) is 0 Å². The Morgan fingerprint density at radius 3 is 2.48 bits per heavy atom. The maximum absolute atomic E-state index is 11.7. The minimum Gasteiger partial charge on any atom is -0.465 e. The Labute approximate surface area is 138 Å². The van der Waals surface area contributed by atoms with Gasteiger partial charge in [-0.1, -0.05) is 20.8 Å². The van der Waals surface area contributed by atoms with E-state index in [0.29, 0.717) is 5.56 Å². The van der Waals surface area contributed by atoms with Gasteiger partial charge in [-0.3, -0.25) is 0 Å². The van der Waals surface area contributed by atoms with Crippen molar-refractivity contribution in [1.29, 1.82) is 0 Å². The molecule has 0 saturated carbocycles. The van der Waals surface area contributed by atoms with Crippen molar-refractivity contribution in [2.75, 3.05) is 12.4 Å². The van der Waals surface area contributed by atoms with Gasteiger partial charge in [-0.05, 0) is 55.3 Å². The smallest absolute Gasteiger partial charge is 0.337 e. The molecule has 1 aromatic heterocycles. The maximum atomic E-state index is 11.7. The van der Waals surface area contributed by atoms with Crippen LogP contribution in [-0.2, 0) is 4.74 Å². The largest absolute Gasteiger partial charge is 0.465 e. The molecule has 0 aliphatic carbocycles. The van der Waals surface area contributed by atoms with Gasteiger partial charge in [-0.15, -0.1) is 0 Å². The number of ether oxygens (including phenoxy) is 1. The molecule has 0 aliphatic rings. The molecule has 0 atom stereocenters. The molecule has 124 valence electrons. The Kier molecular flexibility index (Phi) is 4.64. The van der Waals surface area contributed by atoms with Crippen molar-refractivity contribution in [3.05, 3.63) is 36.0 Å². The van der Waals surface area contributed by atoms with Crippen molar-refractivity contribution in [2.45, 2.75) is 46.6 Å². The number of aromatic nitrogens is 1. The summed E-state index contributed by atoms with van der Waals surface area (Å²) >= 11 is 0. The quantitative estimate of drug-likeness (QED) is 0.835. The Hall–Kier alpha value is -2.10. The summed E-state index contributed by atoms with van der Waals surface area (Å²) in [6, 6.07) is 7.44. The fourth-order valence-corrected chi connectivity index (χ4v) is 3.21. The van der Waals surface area contributed by atoms with Crippen molar-refractivity contribution >= 4 is 22.6 Å². The highest BCUT2D eigenvalue weighted by Crippen LogP contribution is 2.31. The van der Waals surface area contributed by atoms with Crippen LogP contribution in [0.2, 0.25) is 0 Å². The van der Waals surface area contributed by atoms with E-state index in [9.17, 15) is 4.79 Å². The van der Waals surface area contributed by atoms with Crippen LogP contribution in [0.1, 0.15) is 51.4 Å². The summed E-state index contributed by atoms with van der Waals surface area (Å²) < 4.78 is 4.78. The summed E-state index contributed by atoms with van der Waals surface area (Å²) in [5, 5.41) is 5.52. The number of benzene rings is 1. The third kappa shape index (κ3) is 4.44. The summed E-state index contributed by atoms with van der Waals surface area (Å²) in [6.45, 7) is 11.1. The molecule has 1 aromatic carbocycles. The van der Waals surface area contributed by atoms with Gasteiger partial charge < -0.3 is 10.1 Å². The fraction of sp³-hybridized carbons (Fsp3) is 0.474. The number of hydrogen-bond donors (Lipinski definition) is 1. The molecule has 0 saturated heterocycles. The zero-order valence-corrected chi connectivity index (χ0v) is 14.9. The number of nitrogens with one attached hydrogen (secondary N) is 1. The van der Waals surface area contributed by atoms with Gasteiger partial charge in [0.15, 0.2) is 0 Å². The first kappa shape index (κ1) is 17.3. The number of rotatable bonds is 4. The minimum absolute atomic E-state index is 0.0828. The second-order valence-corrected chi connectivity index (χ2v) is 7.83. The Bertz CT molecular complexity index is 715. The molecule has 0 radical (unpaired) electrons. The highest BCUT2D eigenvalue weighted by Gasteiger charge is 2.26. The molecule has 1 heterocycles. The van der Waals surface area contributed by atoms with E-state index in [2.05, 4.69) is 44.9 Å². The summed E-state index contributed by atoms with van der Waals surface area (Å²) in [5.74, 6) is 0.513. The zero-order valence-electron chi connectivity index (χ0n) is 14.9. The molecule has 2 aromatic rings. The average molecular weight is 314 g/mol. The first-order valence-electron chi connectivity index (χ1n) is 7.87. The lowest BCUT2D eigenvalue weighted by atomic mass is 9.82. The van der Waals surface area contributed by atoms with E-state index in [4.69, 9.17) is 4.74 Å². The monoisotopic (exact) mass is 314 g/mol. The lowest BCUT2D eigenvalue weighted by molar-refractivity contribution is 0.0601. The first-order chi connectivity index (χ1) is 10.6. The van der Waals surface area contributed by atoms with Crippen LogP contribution in [0, 0.1) is 5.41 Å². The van der Waals surface area contributed by atoms with Crippen LogP contribution in [0.15, 0.2) is 30.5 Å². The number of pyridine rings is 1. The van der Waals surface area contributed by atoms with E-state index >= 15 is 0 Å². The highest BCUT2D eigenvalue weighted by molar-refractivity contribution is 5.98. The van der Waals surface area contributed by atoms with E-state index < -0.39 is 0 Å². The summed E-state index contributed by atoms with van der Waals surface area (Å²) in [7, 11) is 1.39. The third-order valence-electron chi connectivity index (χ3n) is 3.61. The molecular formula is C19H26N2O2. The van der Waals surface area contributed by atoms with E-state index in [1.54, 1.807) is 12.3 Å². The Morgan fingerprint density at radius 1 is 1.17 bits per heavy atom. The number of esters is 1. The van der Waals surface area contributed by atoms with Crippen molar-refractivity contribution in [1.82, 2.24) is 4.98 Å². The van der Waals surface area contributed by atoms with Gasteiger partial charge in [-0.25, -0.2) is 9.78 Å². The lowest BCUT2D eigenvalue weighted by Crippen LogP contribution is -2.35. The van der Waals surface area contributed by atoms with E-state index in [0.717, 1.165) is 23.0 Å². The summed E-state index contributed by atoms with van der Waals surface area (Å²) in [6.07, 6.45) is 2.78. The first-order valence-corrected chi connectivity index (χ1v) is 7.87. The second kappa shape index (κ2) is 6.19. The zero-order chi connectivity index (χ0) is 17.3. The third-order valence-corrected chi connectivity index (χ3v) is 3.61. The van der Waals surface area contributed by atoms with Crippen molar-refractivity contribution in [3.63, 3.8) is 0 Å². The van der Waals surface area contributed by atoms with Crippen LogP contribution < -0.4 is 5.32 Å². The molecule has 0 aliphatic heterocycles. The molecule has 4 nitrogen and oxygen atoms in total.